The SMILES string of the molecule is C=C(CCN)c1ccc(NC(=O)OC(C)(C)C)cc1O. The van der Waals surface area contributed by atoms with E-state index in [9.17, 15) is 9.90 Å². The molecule has 0 aliphatic rings. The maximum atomic E-state index is 11.6. The predicted octanol–water partition coefficient (Wildman–Crippen LogP) is 3.10. The number of phenols is 1. The summed E-state index contributed by atoms with van der Waals surface area (Å²) in [5.74, 6) is 0.0528. The zero-order chi connectivity index (χ0) is 15.3. The molecule has 0 bridgehead atoms. The number of nitrogens with one attached hydrogen (secondary N) is 1. The van der Waals surface area contributed by atoms with Crippen molar-refractivity contribution in [2.75, 3.05) is 11.9 Å². The van der Waals surface area contributed by atoms with E-state index in [0.717, 1.165) is 5.57 Å². The maximum Gasteiger partial charge on any atom is 0.412 e. The van der Waals surface area contributed by atoms with Gasteiger partial charge in [-0.05, 0) is 51.4 Å². The lowest BCUT2D eigenvalue weighted by Crippen LogP contribution is -2.27. The molecule has 0 heterocycles. The number of hydrogen-bond donors (Lipinski definition) is 3. The van der Waals surface area contributed by atoms with Crippen LogP contribution >= 0.6 is 0 Å². The number of benzene rings is 1. The van der Waals surface area contributed by atoms with Crippen LogP contribution in [0.15, 0.2) is 24.8 Å². The molecule has 5 nitrogen and oxygen atoms in total. The third kappa shape index (κ3) is 4.93. The first-order valence-corrected chi connectivity index (χ1v) is 6.44. The number of ether oxygens (including phenoxy) is 1. The van der Waals surface area contributed by atoms with Gasteiger partial charge in [0.05, 0.1) is 0 Å². The highest BCUT2D eigenvalue weighted by Gasteiger charge is 2.16. The Labute approximate surface area is 119 Å². The molecule has 5 heteroatoms. The largest absolute Gasteiger partial charge is 0.507 e. The van der Waals surface area contributed by atoms with Crippen LogP contribution in [0.2, 0.25) is 0 Å². The summed E-state index contributed by atoms with van der Waals surface area (Å²) in [6.07, 6.45) is 0.0392. The fourth-order valence-electron chi connectivity index (χ4n) is 1.64. The van der Waals surface area contributed by atoms with Crippen LogP contribution in [0.1, 0.15) is 32.8 Å². The van der Waals surface area contributed by atoms with Crippen LogP contribution in [-0.4, -0.2) is 23.3 Å². The van der Waals surface area contributed by atoms with Crippen LogP contribution in [0.4, 0.5) is 10.5 Å². The second-order valence-electron chi connectivity index (χ2n) is 5.50. The maximum absolute atomic E-state index is 11.6. The van der Waals surface area contributed by atoms with Crippen molar-refractivity contribution in [2.45, 2.75) is 32.8 Å². The molecule has 0 unspecified atom stereocenters. The zero-order valence-electron chi connectivity index (χ0n) is 12.2. The van der Waals surface area contributed by atoms with E-state index in [1.807, 2.05) is 0 Å². The minimum absolute atomic E-state index is 0.0528. The summed E-state index contributed by atoms with van der Waals surface area (Å²) in [4.78, 5) is 11.6. The van der Waals surface area contributed by atoms with Gasteiger partial charge in [-0.2, -0.15) is 0 Å². The fraction of sp³-hybridized carbons (Fsp3) is 0.400. The first-order chi connectivity index (χ1) is 9.23. The highest BCUT2D eigenvalue weighted by molar-refractivity contribution is 5.86. The number of carbonyl (C=O) groups excluding carboxylic acids is 1. The number of carbonyl (C=O) groups is 1. The number of hydrogen-bond acceptors (Lipinski definition) is 4. The van der Waals surface area contributed by atoms with Gasteiger partial charge < -0.3 is 15.6 Å². The number of phenolic OH excluding ortho intramolecular Hbond substituents is 1. The molecule has 0 saturated heterocycles. The van der Waals surface area contributed by atoms with Gasteiger partial charge in [0.25, 0.3) is 0 Å². The van der Waals surface area contributed by atoms with Crippen molar-refractivity contribution in [3.05, 3.63) is 30.3 Å². The summed E-state index contributed by atoms with van der Waals surface area (Å²) in [5.41, 5.74) is 6.73. The Morgan fingerprint density at radius 3 is 2.60 bits per heavy atom. The number of aromatic hydroxyl groups is 1. The second-order valence-corrected chi connectivity index (χ2v) is 5.50. The first-order valence-electron chi connectivity index (χ1n) is 6.44. The molecule has 0 aromatic heterocycles. The second kappa shape index (κ2) is 6.43. The van der Waals surface area contributed by atoms with E-state index in [0.29, 0.717) is 24.2 Å². The van der Waals surface area contributed by atoms with Crippen LogP contribution in [0.25, 0.3) is 5.57 Å². The molecular formula is C15H22N2O3. The quantitative estimate of drug-likeness (QED) is 0.790. The molecule has 1 aromatic carbocycles. The number of anilines is 1. The Bertz CT molecular complexity index is 504. The number of amides is 1. The average molecular weight is 278 g/mol. The molecule has 0 aliphatic carbocycles. The van der Waals surface area contributed by atoms with Crippen LogP contribution in [0.5, 0.6) is 5.75 Å². The molecule has 1 amide bonds. The van der Waals surface area contributed by atoms with Gasteiger partial charge in [-0.1, -0.05) is 6.58 Å². The van der Waals surface area contributed by atoms with Gasteiger partial charge in [0.15, 0.2) is 0 Å². The zero-order valence-corrected chi connectivity index (χ0v) is 12.2. The van der Waals surface area contributed by atoms with Crippen molar-refractivity contribution in [1.82, 2.24) is 0 Å². The third-order valence-corrected chi connectivity index (χ3v) is 2.47. The fourth-order valence-corrected chi connectivity index (χ4v) is 1.64. The first kappa shape index (κ1) is 16.0. The lowest BCUT2D eigenvalue weighted by Gasteiger charge is -2.19. The van der Waals surface area contributed by atoms with Gasteiger partial charge in [-0.25, -0.2) is 4.79 Å². The molecule has 0 radical (unpaired) electrons. The normalized spacial score (nSPS) is 11.0. The van der Waals surface area contributed by atoms with Gasteiger partial charge in [-0.3, -0.25) is 5.32 Å². The summed E-state index contributed by atoms with van der Waals surface area (Å²) in [6, 6.07) is 4.83. The van der Waals surface area contributed by atoms with E-state index in [4.69, 9.17) is 10.5 Å². The Hall–Kier alpha value is -2.01. The lowest BCUT2D eigenvalue weighted by molar-refractivity contribution is 0.0636. The van der Waals surface area contributed by atoms with Crippen molar-refractivity contribution in [2.24, 2.45) is 5.73 Å². The van der Waals surface area contributed by atoms with E-state index in [2.05, 4.69) is 11.9 Å². The van der Waals surface area contributed by atoms with Crippen LogP contribution in [0.3, 0.4) is 0 Å². The van der Waals surface area contributed by atoms with Gasteiger partial charge in [0.1, 0.15) is 11.4 Å². The Balaban J connectivity index is 2.78. The molecule has 0 aliphatic heterocycles. The topological polar surface area (TPSA) is 84.6 Å². The van der Waals surface area contributed by atoms with Gasteiger partial charge in [-0.15, -0.1) is 0 Å². The Kier molecular flexibility index (Phi) is 5.16. The van der Waals surface area contributed by atoms with Gasteiger partial charge in [0.2, 0.25) is 0 Å². The highest BCUT2D eigenvalue weighted by Crippen LogP contribution is 2.28. The minimum Gasteiger partial charge on any atom is -0.507 e. The Morgan fingerprint density at radius 1 is 1.45 bits per heavy atom. The third-order valence-electron chi connectivity index (χ3n) is 2.47. The highest BCUT2D eigenvalue weighted by atomic mass is 16.6. The van der Waals surface area contributed by atoms with E-state index in [1.54, 1.807) is 32.9 Å². The monoisotopic (exact) mass is 278 g/mol. The predicted molar refractivity (Wildman–Crippen MR) is 80.7 cm³/mol. The van der Waals surface area contributed by atoms with Gasteiger partial charge >= 0.3 is 6.09 Å². The molecule has 0 spiro atoms. The molecule has 4 N–H and O–H groups in total. The average Bonchev–Trinajstić information content (AvgIpc) is 2.26. The molecule has 0 atom stereocenters. The van der Waals surface area contributed by atoms with Crippen molar-refractivity contribution in [3.8, 4) is 5.75 Å². The summed E-state index contributed by atoms with van der Waals surface area (Å²) < 4.78 is 5.13. The molecule has 0 saturated carbocycles. The van der Waals surface area contributed by atoms with E-state index in [1.165, 1.54) is 6.07 Å². The Morgan fingerprint density at radius 2 is 2.10 bits per heavy atom. The minimum atomic E-state index is -0.568. The van der Waals surface area contributed by atoms with E-state index >= 15 is 0 Å². The summed E-state index contributed by atoms with van der Waals surface area (Å²) in [6.45, 7) is 9.68. The molecule has 110 valence electrons. The molecule has 0 fully saturated rings. The molecular weight excluding hydrogens is 256 g/mol. The van der Waals surface area contributed by atoms with Crippen molar-refractivity contribution in [3.63, 3.8) is 0 Å². The molecule has 1 rings (SSSR count). The van der Waals surface area contributed by atoms with E-state index in [-0.39, 0.29) is 5.75 Å². The van der Waals surface area contributed by atoms with Crippen molar-refractivity contribution < 1.29 is 14.6 Å². The standard InChI is InChI=1S/C15H22N2O3/c1-10(7-8-16)12-6-5-11(9-13(12)18)17-14(19)20-15(2,3)4/h5-6,9,18H,1,7-8,16H2,2-4H3,(H,17,19). The lowest BCUT2D eigenvalue weighted by atomic mass is 10.0. The molecule has 1 aromatic rings. The summed E-state index contributed by atoms with van der Waals surface area (Å²) in [7, 11) is 0. The van der Waals surface area contributed by atoms with Crippen LogP contribution in [0, 0.1) is 0 Å². The summed E-state index contributed by atoms with van der Waals surface area (Å²) >= 11 is 0. The molecule has 20 heavy (non-hydrogen) atoms. The number of rotatable bonds is 4. The van der Waals surface area contributed by atoms with Crippen LogP contribution in [-0.2, 0) is 4.74 Å². The van der Waals surface area contributed by atoms with Gasteiger partial charge in [0, 0.05) is 17.3 Å². The number of nitrogens with two attached hydrogens (primary N) is 1. The van der Waals surface area contributed by atoms with Crippen LogP contribution < -0.4 is 11.1 Å². The summed E-state index contributed by atoms with van der Waals surface area (Å²) in [5, 5.41) is 12.5. The van der Waals surface area contributed by atoms with Crippen molar-refractivity contribution in [1.29, 1.82) is 0 Å². The van der Waals surface area contributed by atoms with Crippen molar-refractivity contribution >= 4 is 17.4 Å². The van der Waals surface area contributed by atoms with E-state index < -0.39 is 11.7 Å². The smallest absolute Gasteiger partial charge is 0.412 e.